The molecule has 0 radical (unpaired) electrons. The average Bonchev–Trinajstić information content (AvgIpc) is 2.25. The van der Waals surface area contributed by atoms with Crippen LogP contribution in [0.15, 0.2) is 24.3 Å². The highest BCUT2D eigenvalue weighted by Crippen LogP contribution is 2.18. The van der Waals surface area contributed by atoms with Crippen LogP contribution in [-0.2, 0) is 0 Å². The van der Waals surface area contributed by atoms with Gasteiger partial charge in [0.25, 0.3) is 0 Å². The number of carbonyl (C=O) groups excluding carboxylic acids is 1. The lowest BCUT2D eigenvalue weighted by atomic mass is 10.1. The number of ketones is 1. The second kappa shape index (κ2) is 5.78. The Balaban J connectivity index is 2.85. The topological polar surface area (TPSA) is 46.5 Å². The molecule has 1 aromatic rings. The molecule has 0 atom stereocenters. The van der Waals surface area contributed by atoms with Crippen molar-refractivity contribution < 1.29 is 14.6 Å². The first-order valence-corrected chi connectivity index (χ1v) is 5.33. The van der Waals surface area contributed by atoms with Crippen molar-refractivity contribution in [1.29, 1.82) is 0 Å². The fraction of sp³-hybridized carbons (Fsp3) is 0.300. The van der Waals surface area contributed by atoms with Crippen LogP contribution in [0, 0.1) is 0 Å². The van der Waals surface area contributed by atoms with Gasteiger partial charge in [-0.05, 0) is 12.1 Å². The van der Waals surface area contributed by atoms with Crippen molar-refractivity contribution in [2.24, 2.45) is 0 Å². The standard InChI is InChI=1S/C10H11BrO3/c11-7-9(13)8-3-1-2-4-10(8)14-6-5-12/h1-4,12H,5-7H2. The average molecular weight is 259 g/mol. The minimum Gasteiger partial charge on any atom is -0.490 e. The van der Waals surface area contributed by atoms with E-state index < -0.39 is 0 Å². The molecule has 0 aliphatic carbocycles. The van der Waals surface area contributed by atoms with Crippen LogP contribution in [0.3, 0.4) is 0 Å². The summed E-state index contributed by atoms with van der Waals surface area (Å²) in [5.74, 6) is 0.490. The van der Waals surface area contributed by atoms with E-state index in [9.17, 15) is 4.79 Å². The van der Waals surface area contributed by atoms with Crippen LogP contribution in [0.5, 0.6) is 5.75 Å². The SMILES string of the molecule is O=C(CBr)c1ccccc1OCCO. The number of benzene rings is 1. The maximum Gasteiger partial charge on any atom is 0.177 e. The van der Waals surface area contributed by atoms with Crippen molar-refractivity contribution in [1.82, 2.24) is 0 Å². The molecule has 0 saturated carbocycles. The molecular weight excluding hydrogens is 248 g/mol. The zero-order chi connectivity index (χ0) is 10.4. The summed E-state index contributed by atoms with van der Waals surface area (Å²) in [6.07, 6.45) is 0. The maximum atomic E-state index is 11.4. The number of carbonyl (C=O) groups is 1. The summed E-state index contributed by atoms with van der Waals surface area (Å²) in [7, 11) is 0. The van der Waals surface area contributed by atoms with Gasteiger partial charge < -0.3 is 9.84 Å². The first-order valence-electron chi connectivity index (χ1n) is 4.21. The van der Waals surface area contributed by atoms with Crippen LogP contribution in [0.25, 0.3) is 0 Å². The number of ether oxygens (including phenoxy) is 1. The second-order valence-electron chi connectivity index (χ2n) is 2.63. The minimum absolute atomic E-state index is 0.0291. The molecule has 0 aliphatic rings. The van der Waals surface area contributed by atoms with Crippen LogP contribution < -0.4 is 4.74 Å². The Kier molecular flexibility index (Phi) is 4.62. The van der Waals surface area contributed by atoms with Gasteiger partial charge in [-0.15, -0.1) is 0 Å². The molecule has 14 heavy (non-hydrogen) atoms. The fourth-order valence-corrected chi connectivity index (χ4v) is 1.35. The molecular formula is C10H11BrO3. The lowest BCUT2D eigenvalue weighted by Gasteiger charge is -2.08. The number of halogens is 1. The van der Waals surface area contributed by atoms with Crippen LogP contribution in [0.1, 0.15) is 10.4 Å². The van der Waals surface area contributed by atoms with Gasteiger partial charge >= 0.3 is 0 Å². The molecule has 0 spiro atoms. The third-order valence-corrected chi connectivity index (χ3v) is 2.17. The van der Waals surface area contributed by atoms with Gasteiger partial charge in [-0.3, -0.25) is 4.79 Å². The van der Waals surface area contributed by atoms with Gasteiger partial charge in [0.15, 0.2) is 5.78 Å². The number of Topliss-reactive ketones (excluding diaryl/α,β-unsaturated/α-hetero) is 1. The van der Waals surface area contributed by atoms with Crippen LogP contribution in [-0.4, -0.2) is 29.4 Å². The van der Waals surface area contributed by atoms with Gasteiger partial charge in [0.2, 0.25) is 0 Å². The molecule has 0 bridgehead atoms. The predicted octanol–water partition coefficient (Wildman–Crippen LogP) is 1.64. The Labute approximate surface area is 90.8 Å². The van der Waals surface area contributed by atoms with Gasteiger partial charge in [-0.1, -0.05) is 28.1 Å². The number of aliphatic hydroxyl groups excluding tert-OH is 1. The summed E-state index contributed by atoms with van der Waals surface area (Å²) in [4.78, 5) is 11.4. The third-order valence-electron chi connectivity index (χ3n) is 1.66. The van der Waals surface area contributed by atoms with E-state index in [0.29, 0.717) is 11.3 Å². The Bertz CT molecular complexity index is 312. The first kappa shape index (κ1) is 11.2. The van der Waals surface area contributed by atoms with E-state index in [-0.39, 0.29) is 24.3 Å². The Morgan fingerprint density at radius 3 is 2.79 bits per heavy atom. The minimum atomic E-state index is -0.0587. The molecule has 3 nitrogen and oxygen atoms in total. The molecule has 1 aromatic carbocycles. The molecule has 0 saturated heterocycles. The largest absolute Gasteiger partial charge is 0.490 e. The summed E-state index contributed by atoms with van der Waals surface area (Å²) in [6.45, 7) is 0.142. The summed E-state index contributed by atoms with van der Waals surface area (Å²) in [5, 5.41) is 8.87. The quantitative estimate of drug-likeness (QED) is 0.645. The summed E-state index contributed by atoms with van der Waals surface area (Å²) < 4.78 is 5.22. The van der Waals surface area contributed by atoms with E-state index in [1.807, 2.05) is 0 Å². The van der Waals surface area contributed by atoms with Gasteiger partial charge in [0.1, 0.15) is 12.4 Å². The van der Waals surface area contributed by atoms with Crippen molar-refractivity contribution in [3.63, 3.8) is 0 Å². The number of para-hydroxylation sites is 1. The van der Waals surface area contributed by atoms with Crippen molar-refractivity contribution in [3.8, 4) is 5.75 Å². The third kappa shape index (κ3) is 2.82. The molecule has 0 amide bonds. The number of aliphatic hydroxyl groups is 1. The highest BCUT2D eigenvalue weighted by atomic mass is 79.9. The van der Waals surface area contributed by atoms with E-state index in [0.717, 1.165) is 0 Å². The van der Waals surface area contributed by atoms with Crippen molar-refractivity contribution in [2.75, 3.05) is 18.5 Å². The Hall–Kier alpha value is -0.870. The van der Waals surface area contributed by atoms with Crippen LogP contribution in [0.4, 0.5) is 0 Å². The summed E-state index contributed by atoms with van der Waals surface area (Å²) in [6, 6.07) is 6.99. The normalized spacial score (nSPS) is 9.86. The highest BCUT2D eigenvalue weighted by molar-refractivity contribution is 9.09. The van der Waals surface area contributed by atoms with Crippen molar-refractivity contribution in [2.45, 2.75) is 0 Å². The fourth-order valence-electron chi connectivity index (χ4n) is 1.05. The second-order valence-corrected chi connectivity index (χ2v) is 3.19. The first-order chi connectivity index (χ1) is 6.79. The monoisotopic (exact) mass is 258 g/mol. The van der Waals surface area contributed by atoms with Crippen LogP contribution in [0.2, 0.25) is 0 Å². The van der Waals surface area contributed by atoms with Crippen LogP contribution >= 0.6 is 15.9 Å². The Morgan fingerprint density at radius 2 is 2.14 bits per heavy atom. The van der Waals surface area contributed by atoms with E-state index in [4.69, 9.17) is 9.84 Å². The summed E-state index contributed by atoms with van der Waals surface area (Å²) >= 11 is 3.10. The highest BCUT2D eigenvalue weighted by Gasteiger charge is 2.09. The van der Waals surface area contributed by atoms with E-state index in [1.165, 1.54) is 0 Å². The van der Waals surface area contributed by atoms with Gasteiger partial charge in [-0.25, -0.2) is 0 Å². The number of rotatable bonds is 5. The van der Waals surface area contributed by atoms with Gasteiger partial charge in [-0.2, -0.15) is 0 Å². The van der Waals surface area contributed by atoms with E-state index >= 15 is 0 Å². The number of alkyl halides is 1. The molecule has 0 heterocycles. The summed E-state index contributed by atoms with van der Waals surface area (Å²) in [5.41, 5.74) is 0.540. The lowest BCUT2D eigenvalue weighted by molar-refractivity contribution is 0.101. The van der Waals surface area contributed by atoms with E-state index in [2.05, 4.69) is 15.9 Å². The zero-order valence-corrected chi connectivity index (χ0v) is 9.16. The molecule has 0 aliphatic heterocycles. The molecule has 0 unspecified atom stereocenters. The molecule has 4 heteroatoms. The van der Waals surface area contributed by atoms with Gasteiger partial charge in [0, 0.05) is 0 Å². The smallest absolute Gasteiger partial charge is 0.177 e. The molecule has 1 N–H and O–H groups in total. The lowest BCUT2D eigenvalue weighted by Crippen LogP contribution is -2.07. The molecule has 1 rings (SSSR count). The predicted molar refractivity (Wildman–Crippen MR) is 57.1 cm³/mol. The zero-order valence-electron chi connectivity index (χ0n) is 7.57. The van der Waals surface area contributed by atoms with Crippen molar-refractivity contribution in [3.05, 3.63) is 29.8 Å². The maximum absolute atomic E-state index is 11.4. The van der Waals surface area contributed by atoms with Gasteiger partial charge in [0.05, 0.1) is 17.5 Å². The Morgan fingerprint density at radius 1 is 1.43 bits per heavy atom. The number of hydrogen-bond donors (Lipinski definition) is 1. The molecule has 0 fully saturated rings. The van der Waals surface area contributed by atoms with E-state index in [1.54, 1.807) is 24.3 Å². The molecule has 76 valence electrons. The number of hydrogen-bond acceptors (Lipinski definition) is 3. The van der Waals surface area contributed by atoms with Crippen molar-refractivity contribution >= 4 is 21.7 Å². The molecule has 0 aromatic heterocycles.